The van der Waals surface area contributed by atoms with Crippen LogP contribution >= 0.6 is 0 Å². The van der Waals surface area contributed by atoms with E-state index in [1.807, 2.05) is 30.3 Å². The molecule has 1 saturated heterocycles. The Kier molecular flexibility index (Phi) is 6.62. The van der Waals surface area contributed by atoms with E-state index in [0.717, 1.165) is 17.7 Å². The fourth-order valence-corrected chi connectivity index (χ4v) is 3.27. The molecule has 0 bridgehead atoms. The normalized spacial score (nSPS) is 25.5. The molecule has 4 atom stereocenters. The van der Waals surface area contributed by atoms with Gasteiger partial charge in [-0.15, -0.1) is 0 Å². The van der Waals surface area contributed by atoms with Crippen LogP contribution in [0.25, 0.3) is 0 Å². The summed E-state index contributed by atoms with van der Waals surface area (Å²) in [5, 5.41) is 0. The summed E-state index contributed by atoms with van der Waals surface area (Å²) in [6.07, 6.45) is -4.32. The van der Waals surface area contributed by atoms with Gasteiger partial charge in [0.15, 0.2) is 6.29 Å². The lowest BCUT2D eigenvalue weighted by Gasteiger charge is -2.38. The van der Waals surface area contributed by atoms with Crippen molar-refractivity contribution in [1.82, 2.24) is 0 Å². The van der Waals surface area contributed by atoms with Crippen LogP contribution in [0.1, 0.15) is 31.4 Å². The minimum atomic E-state index is -4.36. The SMILES string of the molecule is C[C@@H]1C[C@H](Oc2ccc(C(F)(F)F)cc2)OC(COCc2ccccc2)[C@H]1C. The highest BCUT2D eigenvalue weighted by molar-refractivity contribution is 5.29. The zero-order valence-electron chi connectivity index (χ0n) is 16.0. The average Bonchev–Trinajstić information content (AvgIpc) is 2.66. The molecule has 0 aliphatic carbocycles. The minimum Gasteiger partial charge on any atom is -0.465 e. The zero-order valence-corrected chi connectivity index (χ0v) is 16.0. The highest BCUT2D eigenvalue weighted by Crippen LogP contribution is 2.33. The second kappa shape index (κ2) is 8.97. The van der Waals surface area contributed by atoms with E-state index >= 15 is 0 Å². The summed E-state index contributed by atoms with van der Waals surface area (Å²) in [5.74, 6) is 1.01. The third-order valence-corrected chi connectivity index (χ3v) is 5.22. The largest absolute Gasteiger partial charge is 0.465 e. The monoisotopic (exact) mass is 394 g/mol. The number of halogens is 3. The summed E-state index contributed by atoms with van der Waals surface area (Å²) in [6, 6.07) is 14.6. The molecule has 1 fully saturated rings. The summed E-state index contributed by atoms with van der Waals surface area (Å²) in [4.78, 5) is 0. The molecule has 0 amide bonds. The van der Waals surface area contributed by atoms with Gasteiger partial charge in [-0.2, -0.15) is 13.2 Å². The van der Waals surface area contributed by atoms with Crippen LogP contribution in [0.3, 0.4) is 0 Å². The second-order valence-electron chi connectivity index (χ2n) is 7.32. The maximum atomic E-state index is 12.7. The van der Waals surface area contributed by atoms with Crippen molar-refractivity contribution in [3.63, 3.8) is 0 Å². The molecular formula is C22H25F3O3. The first-order valence-electron chi connectivity index (χ1n) is 9.44. The predicted octanol–water partition coefficient (Wildman–Crippen LogP) is 5.69. The summed E-state index contributed by atoms with van der Waals surface area (Å²) >= 11 is 0. The van der Waals surface area contributed by atoms with E-state index in [1.165, 1.54) is 12.1 Å². The van der Waals surface area contributed by atoms with E-state index in [2.05, 4.69) is 13.8 Å². The van der Waals surface area contributed by atoms with Gasteiger partial charge in [0.2, 0.25) is 0 Å². The third-order valence-electron chi connectivity index (χ3n) is 5.22. The molecule has 2 aromatic rings. The van der Waals surface area contributed by atoms with Gasteiger partial charge in [-0.05, 0) is 41.7 Å². The maximum absolute atomic E-state index is 12.7. The minimum absolute atomic E-state index is 0.132. The quantitative estimate of drug-likeness (QED) is 0.630. The Labute approximate surface area is 163 Å². The molecule has 1 unspecified atom stereocenters. The van der Waals surface area contributed by atoms with Gasteiger partial charge < -0.3 is 14.2 Å². The van der Waals surface area contributed by atoms with Crippen LogP contribution in [-0.2, 0) is 22.3 Å². The summed E-state index contributed by atoms with van der Waals surface area (Å²) < 4.78 is 55.7. The number of ether oxygens (including phenoxy) is 3. The zero-order chi connectivity index (χ0) is 20.1. The van der Waals surface area contributed by atoms with Gasteiger partial charge in [0.1, 0.15) is 5.75 Å². The lowest BCUT2D eigenvalue weighted by Crippen LogP contribution is -2.43. The number of rotatable bonds is 6. The molecule has 0 spiro atoms. The average molecular weight is 394 g/mol. The highest BCUT2D eigenvalue weighted by atomic mass is 19.4. The Morgan fingerprint density at radius 2 is 1.68 bits per heavy atom. The van der Waals surface area contributed by atoms with Gasteiger partial charge >= 0.3 is 6.18 Å². The third kappa shape index (κ3) is 5.49. The van der Waals surface area contributed by atoms with Crippen molar-refractivity contribution in [1.29, 1.82) is 0 Å². The second-order valence-corrected chi connectivity index (χ2v) is 7.32. The van der Waals surface area contributed by atoms with E-state index in [9.17, 15) is 13.2 Å². The molecule has 6 heteroatoms. The van der Waals surface area contributed by atoms with E-state index in [0.29, 0.717) is 37.2 Å². The smallest absolute Gasteiger partial charge is 0.416 e. The van der Waals surface area contributed by atoms with Crippen molar-refractivity contribution in [2.75, 3.05) is 6.61 Å². The van der Waals surface area contributed by atoms with Crippen molar-refractivity contribution in [2.24, 2.45) is 11.8 Å². The Morgan fingerprint density at radius 3 is 2.32 bits per heavy atom. The molecule has 0 radical (unpaired) electrons. The molecule has 0 aromatic heterocycles. The van der Waals surface area contributed by atoms with Crippen molar-refractivity contribution < 1.29 is 27.4 Å². The standard InChI is InChI=1S/C22H25F3O3/c1-15-12-21(27-19-10-8-18(9-11-19)22(23,24)25)28-20(16(15)2)14-26-13-17-6-4-3-5-7-17/h3-11,15-16,20-21H,12-14H2,1-2H3/t15-,16+,20?,21-/m1/s1. The lowest BCUT2D eigenvalue weighted by molar-refractivity contribution is -0.197. The molecule has 3 nitrogen and oxygen atoms in total. The molecular weight excluding hydrogens is 369 g/mol. The van der Waals surface area contributed by atoms with Crippen molar-refractivity contribution >= 4 is 0 Å². The van der Waals surface area contributed by atoms with E-state index < -0.39 is 18.0 Å². The first-order valence-corrected chi connectivity index (χ1v) is 9.44. The van der Waals surface area contributed by atoms with Gasteiger partial charge in [-0.1, -0.05) is 44.2 Å². The van der Waals surface area contributed by atoms with Gasteiger partial charge in [0, 0.05) is 6.42 Å². The van der Waals surface area contributed by atoms with E-state index in [-0.39, 0.29) is 6.10 Å². The first kappa shape index (κ1) is 20.7. The van der Waals surface area contributed by atoms with Crippen molar-refractivity contribution in [2.45, 2.75) is 45.4 Å². The Balaban J connectivity index is 1.55. The summed E-state index contributed by atoms with van der Waals surface area (Å²) in [6.45, 7) is 5.19. The molecule has 28 heavy (non-hydrogen) atoms. The molecule has 2 aromatic carbocycles. The summed E-state index contributed by atoms with van der Waals surface area (Å²) in [5.41, 5.74) is 0.398. The van der Waals surface area contributed by atoms with E-state index in [4.69, 9.17) is 14.2 Å². The maximum Gasteiger partial charge on any atom is 0.416 e. The summed E-state index contributed by atoms with van der Waals surface area (Å²) in [7, 11) is 0. The fraction of sp³-hybridized carbons (Fsp3) is 0.455. The molecule has 3 rings (SSSR count). The first-order chi connectivity index (χ1) is 13.3. The van der Waals surface area contributed by atoms with Gasteiger partial charge in [0.05, 0.1) is 24.9 Å². The van der Waals surface area contributed by atoms with Crippen LogP contribution < -0.4 is 4.74 Å². The van der Waals surface area contributed by atoms with Gasteiger partial charge in [0.25, 0.3) is 0 Å². The topological polar surface area (TPSA) is 27.7 Å². The lowest BCUT2D eigenvalue weighted by atomic mass is 9.86. The molecule has 1 aliphatic heterocycles. The van der Waals surface area contributed by atoms with Crippen LogP contribution in [0.15, 0.2) is 54.6 Å². The number of hydrogen-bond donors (Lipinski definition) is 0. The predicted molar refractivity (Wildman–Crippen MR) is 99.8 cm³/mol. The van der Waals surface area contributed by atoms with Gasteiger partial charge in [-0.3, -0.25) is 0 Å². The highest BCUT2D eigenvalue weighted by Gasteiger charge is 2.35. The van der Waals surface area contributed by atoms with Crippen LogP contribution in [0.4, 0.5) is 13.2 Å². The fourth-order valence-electron chi connectivity index (χ4n) is 3.27. The molecule has 1 heterocycles. The van der Waals surface area contributed by atoms with Crippen molar-refractivity contribution in [3.8, 4) is 5.75 Å². The van der Waals surface area contributed by atoms with Crippen molar-refractivity contribution in [3.05, 3.63) is 65.7 Å². The Morgan fingerprint density at radius 1 is 1.00 bits per heavy atom. The molecule has 0 saturated carbocycles. The molecule has 1 aliphatic rings. The Hall–Kier alpha value is -2.05. The molecule has 0 N–H and O–H groups in total. The Bertz CT molecular complexity index is 731. The van der Waals surface area contributed by atoms with E-state index in [1.54, 1.807) is 0 Å². The molecule has 152 valence electrons. The van der Waals surface area contributed by atoms with Crippen LogP contribution in [0, 0.1) is 11.8 Å². The van der Waals surface area contributed by atoms with Crippen LogP contribution in [0.2, 0.25) is 0 Å². The van der Waals surface area contributed by atoms with Crippen LogP contribution in [-0.4, -0.2) is 19.0 Å². The van der Waals surface area contributed by atoms with Gasteiger partial charge in [-0.25, -0.2) is 0 Å². The number of alkyl halides is 3. The number of benzene rings is 2. The van der Waals surface area contributed by atoms with Crippen LogP contribution in [0.5, 0.6) is 5.75 Å². The number of hydrogen-bond acceptors (Lipinski definition) is 3.